The molecule has 0 saturated heterocycles. The molecule has 0 fully saturated rings. The Hall–Kier alpha value is -2.67. The Morgan fingerprint density at radius 1 is 1.30 bits per heavy atom. The zero-order chi connectivity index (χ0) is 14.5. The minimum atomic E-state index is -1.33. The molecule has 0 bridgehead atoms. The molecule has 20 heavy (non-hydrogen) atoms. The number of nitrogens with one attached hydrogen (secondary N) is 1. The van der Waals surface area contributed by atoms with Crippen molar-refractivity contribution >= 4 is 11.9 Å². The normalized spacial score (nSPS) is 11.8. The molecular formula is C13H13N3O4. The van der Waals surface area contributed by atoms with Crippen molar-refractivity contribution in [2.75, 3.05) is 6.61 Å². The Bertz CT molecular complexity index is 609. The van der Waals surface area contributed by atoms with Gasteiger partial charge < -0.3 is 15.5 Å². The number of carboxylic acids is 1. The van der Waals surface area contributed by atoms with Gasteiger partial charge >= 0.3 is 5.97 Å². The lowest BCUT2D eigenvalue weighted by molar-refractivity contribution is -0.140. The van der Waals surface area contributed by atoms with Gasteiger partial charge in [0.05, 0.1) is 24.1 Å². The van der Waals surface area contributed by atoms with Crippen LogP contribution in [0.1, 0.15) is 10.4 Å². The first-order valence-corrected chi connectivity index (χ1v) is 5.86. The smallest absolute Gasteiger partial charge is 0.328 e. The highest BCUT2D eigenvalue weighted by atomic mass is 16.4. The molecule has 1 unspecified atom stereocenters. The zero-order valence-corrected chi connectivity index (χ0v) is 10.4. The number of hydrogen-bond acceptors (Lipinski definition) is 4. The molecule has 0 aliphatic rings. The Labute approximate surface area is 114 Å². The highest BCUT2D eigenvalue weighted by molar-refractivity contribution is 5.96. The molecule has 0 aliphatic carbocycles. The monoisotopic (exact) mass is 275 g/mol. The van der Waals surface area contributed by atoms with E-state index in [1.807, 2.05) is 30.3 Å². The fourth-order valence-electron chi connectivity index (χ4n) is 1.59. The third kappa shape index (κ3) is 3.01. The van der Waals surface area contributed by atoms with Crippen LogP contribution >= 0.6 is 0 Å². The predicted molar refractivity (Wildman–Crippen MR) is 69.5 cm³/mol. The van der Waals surface area contributed by atoms with E-state index in [-0.39, 0.29) is 5.56 Å². The van der Waals surface area contributed by atoms with Gasteiger partial charge in [0.25, 0.3) is 5.91 Å². The number of benzene rings is 1. The zero-order valence-electron chi connectivity index (χ0n) is 10.4. The average Bonchev–Trinajstić information content (AvgIpc) is 2.95. The van der Waals surface area contributed by atoms with Crippen LogP contribution in [0.2, 0.25) is 0 Å². The van der Waals surface area contributed by atoms with Crippen LogP contribution in [0, 0.1) is 0 Å². The Kier molecular flexibility index (Phi) is 4.11. The van der Waals surface area contributed by atoms with Crippen molar-refractivity contribution in [3.63, 3.8) is 0 Å². The van der Waals surface area contributed by atoms with Gasteiger partial charge in [-0.05, 0) is 12.1 Å². The number of carbonyl (C=O) groups is 2. The number of aromatic nitrogens is 2. The molecule has 2 rings (SSSR count). The van der Waals surface area contributed by atoms with Crippen LogP contribution in [0.4, 0.5) is 0 Å². The fraction of sp³-hybridized carbons (Fsp3) is 0.154. The molecule has 7 nitrogen and oxygen atoms in total. The number of carboxylic acid groups (broad SMARTS) is 1. The number of aliphatic carboxylic acids is 1. The molecule has 1 aromatic carbocycles. The van der Waals surface area contributed by atoms with Gasteiger partial charge in [-0.2, -0.15) is 5.10 Å². The molecule has 3 N–H and O–H groups in total. The molecule has 7 heteroatoms. The minimum absolute atomic E-state index is 0.216. The number of aliphatic hydroxyl groups excluding tert-OH is 1. The van der Waals surface area contributed by atoms with Crippen molar-refractivity contribution in [1.29, 1.82) is 0 Å². The molecule has 0 spiro atoms. The number of rotatable bonds is 5. The van der Waals surface area contributed by atoms with E-state index in [0.717, 1.165) is 5.69 Å². The Balaban J connectivity index is 2.13. The molecule has 1 atom stereocenters. The first kappa shape index (κ1) is 13.8. The van der Waals surface area contributed by atoms with Gasteiger partial charge in [0.1, 0.15) is 0 Å². The molecular weight excluding hydrogens is 262 g/mol. The number of carbonyl (C=O) groups excluding carboxylic acids is 1. The van der Waals surface area contributed by atoms with E-state index < -0.39 is 24.5 Å². The standard InChI is InChI=1S/C13H13N3O4/c17-8-11(13(19)20)15-12(18)9-6-14-16(7-9)10-4-2-1-3-5-10/h1-7,11,17H,8H2,(H,15,18)(H,19,20). The van der Waals surface area contributed by atoms with Gasteiger partial charge in [0, 0.05) is 6.20 Å². The summed E-state index contributed by atoms with van der Waals surface area (Å²) < 4.78 is 1.50. The fourth-order valence-corrected chi connectivity index (χ4v) is 1.59. The highest BCUT2D eigenvalue weighted by Gasteiger charge is 2.20. The Morgan fingerprint density at radius 3 is 2.60 bits per heavy atom. The van der Waals surface area contributed by atoms with Crippen molar-refractivity contribution < 1.29 is 19.8 Å². The molecule has 1 amide bonds. The van der Waals surface area contributed by atoms with Crippen molar-refractivity contribution in [1.82, 2.24) is 15.1 Å². The Morgan fingerprint density at radius 2 is 2.00 bits per heavy atom. The van der Waals surface area contributed by atoms with E-state index in [2.05, 4.69) is 10.4 Å². The summed E-state index contributed by atoms with van der Waals surface area (Å²) in [6.07, 6.45) is 2.82. The van der Waals surface area contributed by atoms with Crippen LogP contribution in [0.3, 0.4) is 0 Å². The largest absolute Gasteiger partial charge is 0.480 e. The SMILES string of the molecule is O=C(NC(CO)C(=O)O)c1cnn(-c2ccccc2)c1. The van der Waals surface area contributed by atoms with E-state index in [9.17, 15) is 9.59 Å². The van der Waals surface area contributed by atoms with E-state index in [0.29, 0.717) is 0 Å². The van der Waals surface area contributed by atoms with Crippen LogP contribution in [-0.2, 0) is 4.79 Å². The number of hydrogen-bond donors (Lipinski definition) is 3. The maximum Gasteiger partial charge on any atom is 0.328 e. The van der Waals surface area contributed by atoms with Crippen LogP contribution in [0.25, 0.3) is 5.69 Å². The summed E-state index contributed by atoms with van der Waals surface area (Å²) in [5, 5.41) is 23.9. The second-order valence-electron chi connectivity index (χ2n) is 4.06. The summed E-state index contributed by atoms with van der Waals surface area (Å²) in [7, 11) is 0. The van der Waals surface area contributed by atoms with Gasteiger partial charge in [0.2, 0.25) is 0 Å². The van der Waals surface area contributed by atoms with Gasteiger partial charge in [0.15, 0.2) is 6.04 Å². The second-order valence-corrected chi connectivity index (χ2v) is 4.06. The van der Waals surface area contributed by atoms with Crippen LogP contribution in [0.5, 0.6) is 0 Å². The molecule has 1 heterocycles. The summed E-state index contributed by atoms with van der Waals surface area (Å²) in [5.74, 6) is -1.90. The molecule has 0 radical (unpaired) electrons. The quantitative estimate of drug-likeness (QED) is 0.715. The van der Waals surface area contributed by atoms with Crippen LogP contribution in [-0.4, -0.2) is 44.5 Å². The number of aliphatic hydroxyl groups is 1. The topological polar surface area (TPSA) is 104 Å². The average molecular weight is 275 g/mol. The first-order chi connectivity index (χ1) is 9.61. The van der Waals surface area contributed by atoms with Gasteiger partial charge in [-0.3, -0.25) is 4.79 Å². The van der Waals surface area contributed by atoms with Crippen molar-refractivity contribution in [2.45, 2.75) is 6.04 Å². The maximum absolute atomic E-state index is 11.8. The summed E-state index contributed by atoms with van der Waals surface area (Å²) in [6.45, 7) is -0.673. The lowest BCUT2D eigenvalue weighted by Gasteiger charge is -2.10. The number of amides is 1. The van der Waals surface area contributed by atoms with Gasteiger partial charge in [-0.25, -0.2) is 9.48 Å². The minimum Gasteiger partial charge on any atom is -0.480 e. The number of para-hydroxylation sites is 1. The van der Waals surface area contributed by atoms with Gasteiger partial charge in [-0.15, -0.1) is 0 Å². The maximum atomic E-state index is 11.8. The lowest BCUT2D eigenvalue weighted by atomic mass is 10.2. The van der Waals surface area contributed by atoms with E-state index in [1.54, 1.807) is 0 Å². The molecule has 1 aromatic heterocycles. The third-order valence-corrected chi connectivity index (χ3v) is 2.65. The lowest BCUT2D eigenvalue weighted by Crippen LogP contribution is -2.43. The van der Waals surface area contributed by atoms with E-state index in [4.69, 9.17) is 10.2 Å². The predicted octanol–water partition coefficient (Wildman–Crippen LogP) is 0.0476. The third-order valence-electron chi connectivity index (χ3n) is 2.65. The number of nitrogens with zero attached hydrogens (tertiary/aromatic N) is 2. The summed E-state index contributed by atoms with van der Waals surface area (Å²) in [5.41, 5.74) is 0.997. The van der Waals surface area contributed by atoms with Crippen LogP contribution < -0.4 is 5.32 Å². The van der Waals surface area contributed by atoms with E-state index in [1.165, 1.54) is 17.1 Å². The molecule has 0 saturated carbocycles. The highest BCUT2D eigenvalue weighted by Crippen LogP contribution is 2.07. The van der Waals surface area contributed by atoms with Gasteiger partial charge in [-0.1, -0.05) is 18.2 Å². The second kappa shape index (κ2) is 5.98. The van der Waals surface area contributed by atoms with Crippen LogP contribution in [0.15, 0.2) is 42.7 Å². The van der Waals surface area contributed by atoms with Crippen molar-refractivity contribution in [3.8, 4) is 5.69 Å². The summed E-state index contributed by atoms with van der Waals surface area (Å²) >= 11 is 0. The van der Waals surface area contributed by atoms with E-state index >= 15 is 0 Å². The first-order valence-electron chi connectivity index (χ1n) is 5.86. The molecule has 0 aliphatic heterocycles. The molecule has 2 aromatic rings. The summed E-state index contributed by atoms with van der Waals surface area (Å²) in [6, 6.07) is 7.85. The molecule has 104 valence electrons. The summed E-state index contributed by atoms with van der Waals surface area (Å²) in [4.78, 5) is 22.6. The van der Waals surface area contributed by atoms with Crippen molar-refractivity contribution in [2.24, 2.45) is 0 Å². The van der Waals surface area contributed by atoms with Crippen molar-refractivity contribution in [3.05, 3.63) is 48.3 Å².